The molecule has 102 valence electrons. The van der Waals surface area contributed by atoms with Crippen molar-refractivity contribution in [2.75, 3.05) is 12.3 Å². The third kappa shape index (κ3) is 2.86. The van der Waals surface area contributed by atoms with Gasteiger partial charge < -0.3 is 15.7 Å². The molecule has 19 heavy (non-hydrogen) atoms. The summed E-state index contributed by atoms with van der Waals surface area (Å²) in [6, 6.07) is 6.74. The van der Waals surface area contributed by atoms with Crippen molar-refractivity contribution >= 4 is 17.6 Å². The van der Waals surface area contributed by atoms with Crippen molar-refractivity contribution < 1.29 is 14.7 Å². The van der Waals surface area contributed by atoms with Crippen LogP contribution in [0.4, 0.5) is 5.69 Å². The summed E-state index contributed by atoms with van der Waals surface area (Å²) in [5.41, 5.74) is 6.81. The molecule has 0 saturated carbocycles. The first kappa shape index (κ1) is 13.4. The molecular weight excluding hydrogens is 244 g/mol. The predicted octanol–water partition coefficient (Wildman–Crippen LogP) is 1.59. The van der Waals surface area contributed by atoms with Crippen LogP contribution >= 0.6 is 0 Å². The minimum atomic E-state index is -0.772. The first-order valence-electron chi connectivity index (χ1n) is 6.38. The number of amides is 1. The van der Waals surface area contributed by atoms with Crippen molar-refractivity contribution in [3.05, 3.63) is 29.8 Å². The van der Waals surface area contributed by atoms with E-state index in [0.29, 0.717) is 30.6 Å². The number of hydrogen-bond donors (Lipinski definition) is 2. The molecule has 0 aromatic heterocycles. The number of carbonyl (C=O) groups excluding carboxylic acids is 1. The number of rotatable bonds is 2. The van der Waals surface area contributed by atoms with Gasteiger partial charge in [-0.05, 0) is 44.0 Å². The zero-order valence-corrected chi connectivity index (χ0v) is 10.9. The summed E-state index contributed by atoms with van der Waals surface area (Å²) < 4.78 is 0. The molecule has 1 aliphatic heterocycles. The Bertz CT molecular complexity index is 484. The zero-order valence-electron chi connectivity index (χ0n) is 10.9. The van der Waals surface area contributed by atoms with Gasteiger partial charge in [0.1, 0.15) is 0 Å². The molecule has 0 aliphatic carbocycles. The molecule has 1 aromatic carbocycles. The number of hydrogen-bond acceptors (Lipinski definition) is 3. The summed E-state index contributed by atoms with van der Waals surface area (Å²) in [6.45, 7) is 2.38. The van der Waals surface area contributed by atoms with Crippen molar-refractivity contribution in [1.82, 2.24) is 4.90 Å². The molecule has 1 aromatic rings. The van der Waals surface area contributed by atoms with Gasteiger partial charge in [-0.25, -0.2) is 0 Å². The first-order chi connectivity index (χ1) is 8.99. The van der Waals surface area contributed by atoms with Crippen LogP contribution in [-0.2, 0) is 4.79 Å². The topological polar surface area (TPSA) is 83.6 Å². The van der Waals surface area contributed by atoms with Gasteiger partial charge in [-0.2, -0.15) is 0 Å². The lowest BCUT2D eigenvalue weighted by molar-refractivity contribution is -0.143. The Morgan fingerprint density at radius 3 is 2.47 bits per heavy atom. The number of anilines is 1. The van der Waals surface area contributed by atoms with Crippen molar-refractivity contribution in [3.8, 4) is 0 Å². The standard InChI is InChI=1S/C14H18N2O3/c1-9-8-11(14(18)19)6-7-16(9)13(17)10-2-4-12(15)5-3-10/h2-5,9,11H,6-8,15H2,1H3,(H,18,19). The number of carboxylic acid groups (broad SMARTS) is 1. The van der Waals surface area contributed by atoms with Crippen LogP contribution in [0.15, 0.2) is 24.3 Å². The third-order valence-electron chi connectivity index (χ3n) is 3.64. The van der Waals surface area contributed by atoms with Gasteiger partial charge in [-0.3, -0.25) is 9.59 Å². The fourth-order valence-electron chi connectivity index (χ4n) is 2.49. The fourth-order valence-corrected chi connectivity index (χ4v) is 2.49. The van der Waals surface area contributed by atoms with Gasteiger partial charge in [0.15, 0.2) is 0 Å². The Morgan fingerprint density at radius 1 is 1.32 bits per heavy atom. The van der Waals surface area contributed by atoms with E-state index in [1.807, 2.05) is 6.92 Å². The van der Waals surface area contributed by atoms with Crippen molar-refractivity contribution in [2.45, 2.75) is 25.8 Å². The highest BCUT2D eigenvalue weighted by atomic mass is 16.4. The molecule has 2 unspecified atom stereocenters. The molecule has 1 fully saturated rings. The number of nitrogens with zero attached hydrogens (tertiary/aromatic N) is 1. The minimum Gasteiger partial charge on any atom is -0.481 e. The van der Waals surface area contributed by atoms with Crippen LogP contribution in [-0.4, -0.2) is 34.5 Å². The molecule has 0 radical (unpaired) electrons. The molecule has 1 heterocycles. The van der Waals surface area contributed by atoms with Crippen LogP contribution < -0.4 is 5.73 Å². The molecule has 2 atom stereocenters. The fraction of sp³-hybridized carbons (Fsp3) is 0.429. The van der Waals surface area contributed by atoms with Crippen LogP contribution in [0.25, 0.3) is 0 Å². The Labute approximate surface area is 112 Å². The molecule has 1 amide bonds. The van der Waals surface area contributed by atoms with Gasteiger partial charge in [0.2, 0.25) is 0 Å². The summed E-state index contributed by atoms with van der Waals surface area (Å²) in [4.78, 5) is 25.0. The number of piperidine rings is 1. The number of benzene rings is 1. The van der Waals surface area contributed by atoms with Crippen molar-refractivity contribution in [3.63, 3.8) is 0 Å². The SMILES string of the molecule is CC1CC(C(=O)O)CCN1C(=O)c1ccc(N)cc1. The van der Waals surface area contributed by atoms with Gasteiger partial charge in [0, 0.05) is 23.8 Å². The average Bonchev–Trinajstić information content (AvgIpc) is 2.38. The van der Waals surface area contributed by atoms with E-state index in [2.05, 4.69) is 0 Å². The second kappa shape index (κ2) is 5.30. The van der Waals surface area contributed by atoms with Crippen molar-refractivity contribution in [2.24, 2.45) is 5.92 Å². The lowest BCUT2D eigenvalue weighted by atomic mass is 9.91. The van der Waals surface area contributed by atoms with Gasteiger partial charge in [0.25, 0.3) is 5.91 Å². The first-order valence-corrected chi connectivity index (χ1v) is 6.38. The number of likely N-dealkylation sites (tertiary alicyclic amines) is 1. The number of carbonyl (C=O) groups is 2. The number of nitrogens with two attached hydrogens (primary N) is 1. The summed E-state index contributed by atoms with van der Waals surface area (Å²) in [6.07, 6.45) is 1.02. The van der Waals surface area contributed by atoms with Crippen LogP contribution in [0.3, 0.4) is 0 Å². The summed E-state index contributed by atoms with van der Waals surface area (Å²) >= 11 is 0. The molecule has 1 aliphatic rings. The van der Waals surface area contributed by atoms with Crippen LogP contribution in [0.2, 0.25) is 0 Å². The summed E-state index contributed by atoms with van der Waals surface area (Å²) in [7, 11) is 0. The Morgan fingerprint density at radius 2 is 1.95 bits per heavy atom. The predicted molar refractivity (Wildman–Crippen MR) is 71.7 cm³/mol. The van der Waals surface area contributed by atoms with E-state index in [1.165, 1.54) is 0 Å². The van der Waals surface area contributed by atoms with Gasteiger partial charge in [0.05, 0.1) is 5.92 Å². The molecule has 3 N–H and O–H groups in total. The maximum absolute atomic E-state index is 12.3. The molecule has 0 bridgehead atoms. The molecular formula is C14H18N2O3. The minimum absolute atomic E-state index is 0.0556. The second-order valence-electron chi connectivity index (χ2n) is 5.03. The van der Waals surface area contributed by atoms with E-state index in [-0.39, 0.29) is 17.9 Å². The molecule has 2 rings (SSSR count). The number of aliphatic carboxylic acids is 1. The Hall–Kier alpha value is -2.04. The van der Waals surface area contributed by atoms with Crippen molar-refractivity contribution in [1.29, 1.82) is 0 Å². The van der Waals surface area contributed by atoms with E-state index < -0.39 is 5.97 Å². The highest BCUT2D eigenvalue weighted by molar-refractivity contribution is 5.94. The third-order valence-corrected chi connectivity index (χ3v) is 3.64. The molecule has 0 spiro atoms. The van der Waals surface area contributed by atoms with Gasteiger partial charge >= 0.3 is 5.97 Å². The normalized spacial score (nSPS) is 23.1. The lowest BCUT2D eigenvalue weighted by Crippen LogP contribution is -2.46. The van der Waals surface area contributed by atoms with Crippen LogP contribution in [0.1, 0.15) is 30.1 Å². The monoisotopic (exact) mass is 262 g/mol. The summed E-state index contributed by atoms with van der Waals surface area (Å²) in [5.74, 6) is -1.17. The van der Waals surface area contributed by atoms with E-state index in [0.717, 1.165) is 0 Å². The maximum atomic E-state index is 12.3. The highest BCUT2D eigenvalue weighted by Crippen LogP contribution is 2.24. The largest absolute Gasteiger partial charge is 0.481 e. The van der Waals surface area contributed by atoms with E-state index in [9.17, 15) is 9.59 Å². The molecule has 1 saturated heterocycles. The average molecular weight is 262 g/mol. The zero-order chi connectivity index (χ0) is 14.0. The van der Waals surface area contributed by atoms with Crippen LogP contribution in [0, 0.1) is 5.92 Å². The van der Waals surface area contributed by atoms with E-state index in [1.54, 1.807) is 29.2 Å². The number of nitrogen functional groups attached to an aromatic ring is 1. The quantitative estimate of drug-likeness (QED) is 0.793. The molecule has 5 nitrogen and oxygen atoms in total. The van der Waals surface area contributed by atoms with E-state index >= 15 is 0 Å². The molecule has 5 heteroatoms. The maximum Gasteiger partial charge on any atom is 0.306 e. The number of carboxylic acids is 1. The van der Waals surface area contributed by atoms with E-state index in [4.69, 9.17) is 10.8 Å². The van der Waals surface area contributed by atoms with Gasteiger partial charge in [-0.15, -0.1) is 0 Å². The second-order valence-corrected chi connectivity index (χ2v) is 5.03. The smallest absolute Gasteiger partial charge is 0.306 e. The van der Waals surface area contributed by atoms with Crippen LogP contribution in [0.5, 0.6) is 0 Å². The highest BCUT2D eigenvalue weighted by Gasteiger charge is 2.32. The summed E-state index contributed by atoms with van der Waals surface area (Å²) in [5, 5.41) is 9.01. The Kier molecular flexibility index (Phi) is 3.74. The van der Waals surface area contributed by atoms with Gasteiger partial charge in [-0.1, -0.05) is 0 Å². The Balaban J connectivity index is 2.08. The lowest BCUT2D eigenvalue weighted by Gasteiger charge is -2.36.